The molecule has 2 aromatic rings. The number of thioether (sulfide) groups is 1. The number of hydrogen-bond acceptors (Lipinski definition) is 7. The van der Waals surface area contributed by atoms with E-state index in [9.17, 15) is 14.4 Å². The maximum atomic E-state index is 13.4. The molecule has 3 N–H and O–H groups in total. The van der Waals surface area contributed by atoms with Crippen molar-refractivity contribution in [2.75, 3.05) is 14.2 Å². The molecule has 3 rings (SSSR count). The van der Waals surface area contributed by atoms with Crippen LogP contribution in [0.1, 0.15) is 39.0 Å². The largest absolute Gasteiger partial charge is 0.493 e. The number of aromatic nitrogens is 2. The lowest BCUT2D eigenvalue weighted by Gasteiger charge is -2.18. The molecule has 0 bridgehead atoms. The Balaban J connectivity index is 2.04. The van der Waals surface area contributed by atoms with Crippen molar-refractivity contribution in [1.29, 1.82) is 0 Å². The molecule has 0 saturated heterocycles. The topological polar surface area (TPSA) is 126 Å². The molecule has 3 amide bonds. The summed E-state index contributed by atoms with van der Waals surface area (Å²) in [5, 5.41) is 2.17. The number of rotatable bonds is 8. The first kappa shape index (κ1) is 23.6. The number of fused-ring (bicyclic) bond motifs is 1. The number of methoxy groups -OCH3 is 2. The Bertz CT molecular complexity index is 1110. The summed E-state index contributed by atoms with van der Waals surface area (Å²) >= 11 is 1.10. The summed E-state index contributed by atoms with van der Waals surface area (Å²) in [4.78, 5) is 41.4. The Labute approximate surface area is 190 Å². The van der Waals surface area contributed by atoms with Gasteiger partial charge in [0.05, 0.1) is 30.4 Å². The molecular formula is C22H28N4O5S. The van der Waals surface area contributed by atoms with E-state index in [4.69, 9.17) is 15.2 Å². The van der Waals surface area contributed by atoms with Crippen molar-refractivity contribution in [3.63, 3.8) is 0 Å². The molecule has 1 heterocycles. The summed E-state index contributed by atoms with van der Waals surface area (Å²) in [6, 6.07) is 2.34. The Morgan fingerprint density at radius 3 is 2.59 bits per heavy atom. The molecule has 9 nitrogen and oxygen atoms in total. The average Bonchev–Trinajstić information content (AvgIpc) is 2.78. The number of allylic oxidation sites excluding steroid dienone is 2. The highest BCUT2D eigenvalue weighted by Gasteiger charge is 2.21. The highest BCUT2D eigenvalue weighted by atomic mass is 32.2. The van der Waals surface area contributed by atoms with Crippen molar-refractivity contribution in [3.8, 4) is 11.5 Å². The number of ether oxygens (including phenoxy) is 2. The highest BCUT2D eigenvalue weighted by molar-refractivity contribution is 8.00. The van der Waals surface area contributed by atoms with Crippen molar-refractivity contribution in [3.05, 3.63) is 34.1 Å². The smallest absolute Gasteiger partial charge is 0.318 e. The quantitative estimate of drug-likeness (QED) is 0.352. The van der Waals surface area contributed by atoms with E-state index >= 15 is 0 Å². The van der Waals surface area contributed by atoms with Crippen molar-refractivity contribution in [2.45, 2.75) is 56.0 Å². The molecular weight excluding hydrogens is 432 g/mol. The molecule has 0 aliphatic heterocycles. The third-order valence-corrected chi connectivity index (χ3v) is 6.45. The summed E-state index contributed by atoms with van der Waals surface area (Å²) in [5.41, 5.74) is 6.60. The van der Waals surface area contributed by atoms with Gasteiger partial charge < -0.3 is 15.2 Å². The molecule has 0 radical (unpaired) electrons. The molecule has 1 aromatic heterocycles. The normalized spacial score (nSPS) is 14.5. The van der Waals surface area contributed by atoms with Crippen LogP contribution in [-0.2, 0) is 11.3 Å². The van der Waals surface area contributed by atoms with Crippen LogP contribution >= 0.6 is 11.8 Å². The van der Waals surface area contributed by atoms with Crippen LogP contribution in [0.25, 0.3) is 10.9 Å². The minimum absolute atomic E-state index is 0.225. The van der Waals surface area contributed by atoms with E-state index in [1.54, 1.807) is 23.6 Å². The number of benzene rings is 1. The number of carbonyl (C=O) groups is 2. The van der Waals surface area contributed by atoms with Gasteiger partial charge in [-0.2, -0.15) is 0 Å². The minimum atomic E-state index is -0.924. The summed E-state index contributed by atoms with van der Waals surface area (Å²) in [5.74, 6) is 0.341. The molecule has 1 atom stereocenters. The summed E-state index contributed by atoms with van der Waals surface area (Å²) in [6.45, 7) is 2.07. The lowest BCUT2D eigenvalue weighted by atomic mass is 9.97. The lowest BCUT2D eigenvalue weighted by Crippen LogP contribution is -2.39. The first-order chi connectivity index (χ1) is 15.3. The second-order valence-electron chi connectivity index (χ2n) is 7.55. The first-order valence-corrected chi connectivity index (χ1v) is 11.3. The van der Waals surface area contributed by atoms with Crippen LogP contribution in [0.4, 0.5) is 4.79 Å². The standard InChI is InChI=1S/C22H28N4O5S/c1-13(19(27)25-21(23)29)32-22-24-16-12-18(31-3)17(30-2)11-15(16)20(28)26(22)10-9-14-7-5-4-6-8-14/h7,11-13H,4-6,8-10H2,1-3H3,(H3,23,25,27,29). The van der Waals surface area contributed by atoms with Crippen LogP contribution < -0.4 is 26.1 Å². The van der Waals surface area contributed by atoms with E-state index in [0.717, 1.165) is 37.4 Å². The molecule has 1 aliphatic rings. The van der Waals surface area contributed by atoms with Crippen LogP contribution in [-0.4, -0.2) is 41.0 Å². The fourth-order valence-electron chi connectivity index (χ4n) is 3.64. The predicted molar refractivity (Wildman–Crippen MR) is 123 cm³/mol. The summed E-state index contributed by atoms with van der Waals surface area (Å²) in [6.07, 6.45) is 7.40. The molecule has 0 fully saturated rings. The predicted octanol–water partition coefficient (Wildman–Crippen LogP) is 2.98. The van der Waals surface area contributed by atoms with Crippen molar-refractivity contribution < 1.29 is 19.1 Å². The number of nitrogens with two attached hydrogens (primary N) is 1. The zero-order valence-electron chi connectivity index (χ0n) is 18.5. The Kier molecular flexibility index (Phi) is 7.79. The van der Waals surface area contributed by atoms with Gasteiger partial charge in [-0.25, -0.2) is 9.78 Å². The van der Waals surface area contributed by atoms with Crippen molar-refractivity contribution in [1.82, 2.24) is 14.9 Å². The molecule has 10 heteroatoms. The van der Waals surface area contributed by atoms with Crippen LogP contribution in [0, 0.1) is 0 Å². The molecule has 0 saturated carbocycles. The van der Waals surface area contributed by atoms with E-state index in [0.29, 0.717) is 34.1 Å². The summed E-state index contributed by atoms with van der Waals surface area (Å²) < 4.78 is 12.3. The number of urea groups is 1. The highest BCUT2D eigenvalue weighted by Crippen LogP contribution is 2.32. The fourth-order valence-corrected chi connectivity index (χ4v) is 4.57. The van der Waals surface area contributed by atoms with Crippen LogP contribution in [0.15, 0.2) is 33.7 Å². The Morgan fingerprint density at radius 1 is 1.25 bits per heavy atom. The van der Waals surface area contributed by atoms with E-state index < -0.39 is 17.2 Å². The van der Waals surface area contributed by atoms with Gasteiger partial charge in [0, 0.05) is 12.6 Å². The Hall–Kier alpha value is -3.01. The van der Waals surface area contributed by atoms with Gasteiger partial charge in [-0.15, -0.1) is 0 Å². The van der Waals surface area contributed by atoms with Gasteiger partial charge >= 0.3 is 6.03 Å². The van der Waals surface area contributed by atoms with Crippen LogP contribution in [0.2, 0.25) is 0 Å². The molecule has 172 valence electrons. The van der Waals surface area contributed by atoms with E-state index in [1.807, 2.05) is 0 Å². The minimum Gasteiger partial charge on any atom is -0.493 e. The average molecular weight is 461 g/mol. The van der Waals surface area contributed by atoms with Gasteiger partial charge in [0.15, 0.2) is 16.7 Å². The van der Waals surface area contributed by atoms with Crippen molar-refractivity contribution >= 4 is 34.6 Å². The number of nitrogens with one attached hydrogen (secondary N) is 1. The molecule has 32 heavy (non-hydrogen) atoms. The number of hydrogen-bond donors (Lipinski definition) is 2. The first-order valence-electron chi connectivity index (χ1n) is 10.5. The van der Waals surface area contributed by atoms with Gasteiger partial charge in [-0.3, -0.25) is 19.5 Å². The third kappa shape index (κ3) is 5.42. The van der Waals surface area contributed by atoms with Gasteiger partial charge in [-0.1, -0.05) is 23.4 Å². The molecule has 1 unspecified atom stereocenters. The van der Waals surface area contributed by atoms with Gasteiger partial charge in [-0.05, 0) is 45.1 Å². The fraction of sp³-hybridized carbons (Fsp3) is 0.455. The van der Waals surface area contributed by atoms with Crippen molar-refractivity contribution in [2.24, 2.45) is 5.73 Å². The van der Waals surface area contributed by atoms with E-state index in [-0.39, 0.29) is 5.56 Å². The van der Waals surface area contributed by atoms with Crippen LogP contribution in [0.5, 0.6) is 11.5 Å². The van der Waals surface area contributed by atoms with Crippen LogP contribution in [0.3, 0.4) is 0 Å². The Morgan fingerprint density at radius 2 is 1.97 bits per heavy atom. The van der Waals surface area contributed by atoms with E-state index in [2.05, 4.69) is 16.4 Å². The number of nitrogens with zero attached hydrogens (tertiary/aromatic N) is 2. The maximum absolute atomic E-state index is 13.4. The number of amides is 3. The van der Waals surface area contributed by atoms with Gasteiger partial charge in [0.1, 0.15) is 0 Å². The number of carbonyl (C=O) groups excluding carboxylic acids is 2. The SMILES string of the molecule is COc1cc2nc(SC(C)C(=O)NC(N)=O)n(CCC3=CCCCC3)c(=O)c2cc1OC. The van der Waals surface area contributed by atoms with Gasteiger partial charge in [0.2, 0.25) is 5.91 Å². The number of imide groups is 1. The number of primary amides is 1. The third-order valence-electron chi connectivity index (χ3n) is 5.36. The second kappa shape index (κ2) is 10.5. The summed E-state index contributed by atoms with van der Waals surface area (Å²) in [7, 11) is 3.02. The molecule has 0 spiro atoms. The molecule has 1 aromatic carbocycles. The second-order valence-corrected chi connectivity index (χ2v) is 8.86. The zero-order valence-corrected chi connectivity index (χ0v) is 19.3. The lowest BCUT2D eigenvalue weighted by molar-refractivity contribution is -0.119. The van der Waals surface area contributed by atoms with Gasteiger partial charge in [0.25, 0.3) is 5.56 Å². The monoisotopic (exact) mass is 460 g/mol. The maximum Gasteiger partial charge on any atom is 0.318 e. The van der Waals surface area contributed by atoms with E-state index in [1.165, 1.54) is 26.2 Å². The zero-order chi connectivity index (χ0) is 23.3. The molecule has 1 aliphatic carbocycles.